The minimum atomic E-state index is 0.327. The molecule has 0 spiro atoms. The fraction of sp³-hybridized carbons (Fsp3) is 0.917. The molecule has 4 bridgehead atoms. The average Bonchev–Trinajstić information content (AvgIpc) is 2.22. The number of hydrogen-bond donors (Lipinski definition) is 1. The molecule has 15 heavy (non-hydrogen) atoms. The summed E-state index contributed by atoms with van der Waals surface area (Å²) in [5.41, 5.74) is 0.327. The molecule has 4 fully saturated rings. The molecule has 1 N–H and O–H groups in total. The first-order valence-corrected chi connectivity index (χ1v) is 6.02. The Labute approximate surface area is 89.7 Å². The third kappa shape index (κ3) is 1.44. The van der Waals surface area contributed by atoms with E-state index in [1.807, 2.05) is 0 Å². The highest BCUT2D eigenvalue weighted by Crippen LogP contribution is 2.59. The summed E-state index contributed by atoms with van der Waals surface area (Å²) in [4.78, 5) is 16.1. The van der Waals surface area contributed by atoms with Crippen molar-refractivity contribution < 1.29 is 14.9 Å². The van der Waals surface area contributed by atoms with Gasteiger partial charge in [-0.3, -0.25) is 10.1 Å². The van der Waals surface area contributed by atoms with Gasteiger partial charge in [-0.05, 0) is 49.9 Å². The summed E-state index contributed by atoms with van der Waals surface area (Å²) in [6.07, 6.45) is 6.58. The topological polar surface area (TPSA) is 46.5 Å². The second-order valence-corrected chi connectivity index (χ2v) is 5.83. The molecule has 0 heterocycles. The van der Waals surface area contributed by atoms with Crippen molar-refractivity contribution in [1.29, 1.82) is 0 Å². The van der Waals surface area contributed by atoms with Gasteiger partial charge in [0, 0.05) is 11.8 Å². The molecular weight excluding hydrogens is 192 g/mol. The Balaban J connectivity index is 1.80. The number of Topliss-reactive ketones (excluding diaryl/α,β-unsaturated/α-hetero) is 1. The quantitative estimate of drug-likeness (QED) is 0.574. The Morgan fingerprint density at radius 3 is 2.53 bits per heavy atom. The number of carbonyl (C=O) groups excluding carboxylic acids is 1. The molecule has 84 valence electrons. The zero-order chi connectivity index (χ0) is 10.5. The van der Waals surface area contributed by atoms with Gasteiger partial charge in [-0.1, -0.05) is 0 Å². The molecule has 0 aromatic carbocycles. The molecule has 0 radical (unpaired) electrons. The molecule has 0 amide bonds. The monoisotopic (exact) mass is 210 g/mol. The van der Waals surface area contributed by atoms with Crippen LogP contribution in [0.2, 0.25) is 0 Å². The molecule has 0 aromatic heterocycles. The number of hydrogen-bond acceptors (Lipinski definition) is 3. The number of ketones is 1. The smallest absolute Gasteiger partial charge is 0.139 e. The van der Waals surface area contributed by atoms with Gasteiger partial charge in [-0.25, -0.2) is 4.89 Å². The lowest BCUT2D eigenvalue weighted by atomic mass is 9.48. The molecule has 0 saturated heterocycles. The predicted octanol–water partition coefficient (Wildman–Crippen LogP) is 2.26. The van der Waals surface area contributed by atoms with Crippen LogP contribution in [0.25, 0.3) is 0 Å². The average molecular weight is 210 g/mol. The third-order valence-electron chi connectivity index (χ3n) is 4.84. The maximum absolute atomic E-state index is 11.9. The lowest BCUT2D eigenvalue weighted by Gasteiger charge is -2.55. The highest BCUT2D eigenvalue weighted by atomic mass is 17.1. The number of rotatable bonds is 3. The molecule has 0 aliphatic heterocycles. The normalized spacial score (nSPS) is 47.5. The minimum Gasteiger partial charge on any atom is -0.299 e. The molecule has 4 aliphatic carbocycles. The van der Waals surface area contributed by atoms with Crippen molar-refractivity contribution in [2.24, 2.45) is 23.2 Å². The van der Waals surface area contributed by atoms with Crippen molar-refractivity contribution in [3.05, 3.63) is 0 Å². The van der Waals surface area contributed by atoms with E-state index in [0.717, 1.165) is 38.0 Å². The van der Waals surface area contributed by atoms with Gasteiger partial charge in [0.1, 0.15) is 5.78 Å². The molecular formula is C12H18O3. The van der Waals surface area contributed by atoms with Crippen LogP contribution in [0.15, 0.2) is 0 Å². The van der Waals surface area contributed by atoms with Crippen molar-refractivity contribution in [2.45, 2.75) is 38.5 Å². The van der Waals surface area contributed by atoms with Crippen LogP contribution < -0.4 is 0 Å². The van der Waals surface area contributed by atoms with E-state index in [1.165, 1.54) is 6.42 Å². The Morgan fingerprint density at radius 2 is 1.93 bits per heavy atom. The van der Waals surface area contributed by atoms with Crippen LogP contribution in [0, 0.1) is 23.2 Å². The van der Waals surface area contributed by atoms with Crippen molar-refractivity contribution >= 4 is 5.78 Å². The highest BCUT2D eigenvalue weighted by Gasteiger charge is 2.54. The Bertz CT molecular complexity index is 269. The van der Waals surface area contributed by atoms with Crippen molar-refractivity contribution in [1.82, 2.24) is 0 Å². The lowest BCUT2D eigenvalue weighted by molar-refractivity contribution is -0.250. The van der Waals surface area contributed by atoms with Crippen LogP contribution in [0.3, 0.4) is 0 Å². The molecule has 0 aromatic rings. The van der Waals surface area contributed by atoms with E-state index < -0.39 is 0 Å². The van der Waals surface area contributed by atoms with Gasteiger partial charge in [0.25, 0.3) is 0 Å². The largest absolute Gasteiger partial charge is 0.299 e. The second-order valence-electron chi connectivity index (χ2n) is 5.83. The van der Waals surface area contributed by atoms with E-state index in [-0.39, 0.29) is 0 Å². The van der Waals surface area contributed by atoms with Gasteiger partial charge >= 0.3 is 0 Å². The van der Waals surface area contributed by atoms with Gasteiger partial charge < -0.3 is 0 Å². The van der Waals surface area contributed by atoms with Gasteiger partial charge in [0.2, 0.25) is 0 Å². The van der Waals surface area contributed by atoms with Crippen LogP contribution in [-0.2, 0) is 9.68 Å². The summed E-state index contributed by atoms with van der Waals surface area (Å²) < 4.78 is 0. The molecule has 4 aliphatic rings. The summed E-state index contributed by atoms with van der Waals surface area (Å²) >= 11 is 0. The molecule has 3 heteroatoms. The summed E-state index contributed by atoms with van der Waals surface area (Å²) in [6.45, 7) is 0.431. The van der Waals surface area contributed by atoms with Crippen LogP contribution in [0.4, 0.5) is 0 Å². The van der Waals surface area contributed by atoms with Gasteiger partial charge in [0.15, 0.2) is 0 Å². The van der Waals surface area contributed by atoms with Gasteiger partial charge in [-0.2, -0.15) is 0 Å². The summed E-state index contributed by atoms with van der Waals surface area (Å²) in [6, 6.07) is 0. The van der Waals surface area contributed by atoms with Gasteiger partial charge in [0.05, 0.1) is 6.61 Å². The summed E-state index contributed by atoms with van der Waals surface area (Å²) in [5, 5.41) is 8.45. The standard InChI is InChI=1S/C12H18O3/c13-11-9-3-8-4-10(11)7-12(5-8,6-9)1-2-15-14/h8-10,14H,1-7H2. The molecule has 2 unspecified atom stereocenters. The van der Waals surface area contributed by atoms with Crippen LogP contribution >= 0.6 is 0 Å². The zero-order valence-electron chi connectivity index (χ0n) is 8.95. The van der Waals surface area contributed by atoms with Crippen LogP contribution in [0.1, 0.15) is 38.5 Å². The maximum atomic E-state index is 11.9. The van der Waals surface area contributed by atoms with Crippen LogP contribution in [0.5, 0.6) is 0 Å². The molecule has 4 rings (SSSR count). The lowest BCUT2D eigenvalue weighted by Crippen LogP contribution is -2.51. The van der Waals surface area contributed by atoms with Crippen LogP contribution in [-0.4, -0.2) is 17.6 Å². The molecule has 3 nitrogen and oxygen atoms in total. The fourth-order valence-electron chi connectivity index (χ4n) is 4.48. The van der Waals surface area contributed by atoms with E-state index in [1.54, 1.807) is 0 Å². The Morgan fingerprint density at radius 1 is 1.27 bits per heavy atom. The van der Waals surface area contributed by atoms with Crippen molar-refractivity contribution in [3.8, 4) is 0 Å². The first kappa shape index (κ1) is 9.79. The first-order valence-electron chi connectivity index (χ1n) is 6.02. The van der Waals surface area contributed by atoms with E-state index in [0.29, 0.717) is 29.6 Å². The van der Waals surface area contributed by atoms with E-state index in [9.17, 15) is 4.79 Å². The Kier molecular flexibility index (Phi) is 2.15. The van der Waals surface area contributed by atoms with E-state index >= 15 is 0 Å². The summed E-state index contributed by atoms with van der Waals surface area (Å²) in [5.74, 6) is 2.00. The second kappa shape index (κ2) is 3.29. The van der Waals surface area contributed by atoms with Crippen molar-refractivity contribution in [2.75, 3.05) is 6.61 Å². The van der Waals surface area contributed by atoms with E-state index in [2.05, 4.69) is 4.89 Å². The minimum absolute atomic E-state index is 0.327. The van der Waals surface area contributed by atoms with E-state index in [4.69, 9.17) is 5.26 Å². The molecule has 4 saturated carbocycles. The van der Waals surface area contributed by atoms with Gasteiger partial charge in [-0.15, -0.1) is 0 Å². The SMILES string of the molecule is O=C1C2CC3CC1CC(CCOO)(C3)C2. The fourth-order valence-corrected chi connectivity index (χ4v) is 4.48. The Hall–Kier alpha value is -0.410. The maximum Gasteiger partial charge on any atom is 0.139 e. The third-order valence-corrected chi connectivity index (χ3v) is 4.84. The van der Waals surface area contributed by atoms with Crippen molar-refractivity contribution in [3.63, 3.8) is 0 Å². The predicted molar refractivity (Wildman–Crippen MR) is 54.2 cm³/mol. The first-order chi connectivity index (χ1) is 7.22. The molecule has 2 atom stereocenters. The summed E-state index contributed by atoms with van der Waals surface area (Å²) in [7, 11) is 0. The number of carbonyl (C=O) groups is 1. The highest BCUT2D eigenvalue weighted by molar-refractivity contribution is 5.85. The zero-order valence-corrected chi connectivity index (χ0v) is 8.95.